The van der Waals surface area contributed by atoms with Crippen molar-refractivity contribution >= 4 is 11.8 Å². The summed E-state index contributed by atoms with van der Waals surface area (Å²) in [6.07, 6.45) is 4.50. The van der Waals surface area contributed by atoms with Crippen molar-refractivity contribution in [3.8, 4) is 0 Å². The van der Waals surface area contributed by atoms with E-state index in [9.17, 15) is 0 Å². The number of thioether (sulfide) groups is 1. The molecule has 0 amide bonds. The molecule has 0 fully saturated rings. The van der Waals surface area contributed by atoms with Crippen LogP contribution in [0.4, 0.5) is 0 Å². The zero-order valence-electron chi connectivity index (χ0n) is 10.7. The second-order valence-electron chi connectivity index (χ2n) is 4.13. The summed E-state index contributed by atoms with van der Waals surface area (Å²) in [5.74, 6) is 0.924. The van der Waals surface area contributed by atoms with Crippen LogP contribution in [0.3, 0.4) is 0 Å². The Morgan fingerprint density at radius 3 is 2.72 bits per heavy atom. The molecule has 0 saturated heterocycles. The Morgan fingerprint density at radius 1 is 1.33 bits per heavy atom. The van der Waals surface area contributed by atoms with Crippen molar-refractivity contribution in [1.82, 2.24) is 20.5 Å². The summed E-state index contributed by atoms with van der Waals surface area (Å²) < 4.78 is 0. The van der Waals surface area contributed by atoms with Gasteiger partial charge in [0.2, 0.25) is 0 Å². The lowest BCUT2D eigenvalue weighted by Crippen LogP contribution is -2.21. The highest BCUT2D eigenvalue weighted by molar-refractivity contribution is 7.98. The van der Waals surface area contributed by atoms with Crippen LogP contribution in [-0.4, -0.2) is 28.0 Å². The molecule has 1 aromatic carbocycles. The topological polar surface area (TPSA) is 53.6 Å². The summed E-state index contributed by atoms with van der Waals surface area (Å²) in [7, 11) is 0. The number of hydrogen-bond donors (Lipinski definition) is 2. The molecule has 0 aliphatic heterocycles. The number of aromatic amines is 1. The van der Waals surface area contributed by atoms with Crippen molar-refractivity contribution in [1.29, 1.82) is 0 Å². The van der Waals surface area contributed by atoms with E-state index < -0.39 is 0 Å². The minimum absolute atomic E-state index is 0.351. The molecule has 2 aromatic rings. The number of nitrogens with one attached hydrogen (secondary N) is 2. The fraction of sp³-hybridized carbons (Fsp3) is 0.385. The standard InChI is InChI=1S/C13H18N4S/c1-10(11-3-5-12(18-2)6-4-11)14-8-7-13-15-9-16-17-13/h3-6,9-10,14H,7-8H2,1-2H3,(H,15,16,17). The van der Waals surface area contributed by atoms with Gasteiger partial charge in [-0.25, -0.2) is 4.98 Å². The number of H-pyrrole nitrogens is 1. The van der Waals surface area contributed by atoms with E-state index in [2.05, 4.69) is 57.9 Å². The van der Waals surface area contributed by atoms with E-state index in [1.165, 1.54) is 10.5 Å². The minimum atomic E-state index is 0.351. The van der Waals surface area contributed by atoms with Crippen molar-refractivity contribution < 1.29 is 0 Å². The van der Waals surface area contributed by atoms with E-state index in [1.807, 2.05) is 0 Å². The molecule has 0 bridgehead atoms. The first kappa shape index (κ1) is 13.1. The van der Waals surface area contributed by atoms with Crippen LogP contribution >= 0.6 is 11.8 Å². The monoisotopic (exact) mass is 262 g/mol. The zero-order chi connectivity index (χ0) is 12.8. The molecule has 2 rings (SSSR count). The van der Waals surface area contributed by atoms with Gasteiger partial charge in [-0.2, -0.15) is 5.10 Å². The van der Waals surface area contributed by atoms with Gasteiger partial charge in [-0.15, -0.1) is 11.8 Å². The minimum Gasteiger partial charge on any atom is -0.310 e. The van der Waals surface area contributed by atoms with Crippen LogP contribution in [0.25, 0.3) is 0 Å². The molecule has 0 aliphatic carbocycles. The Kier molecular flexibility index (Phi) is 4.78. The molecule has 1 unspecified atom stereocenters. The molecular formula is C13H18N4S. The lowest BCUT2D eigenvalue weighted by atomic mass is 10.1. The molecule has 0 aliphatic rings. The molecule has 1 atom stereocenters. The summed E-state index contributed by atoms with van der Waals surface area (Å²) in [6, 6.07) is 9.03. The lowest BCUT2D eigenvalue weighted by Gasteiger charge is -2.14. The molecule has 4 nitrogen and oxygen atoms in total. The van der Waals surface area contributed by atoms with Gasteiger partial charge in [0.1, 0.15) is 12.2 Å². The normalized spacial score (nSPS) is 12.6. The Hall–Kier alpha value is -1.33. The molecule has 1 aromatic heterocycles. The van der Waals surface area contributed by atoms with Gasteiger partial charge in [0.15, 0.2) is 0 Å². The van der Waals surface area contributed by atoms with Crippen LogP contribution in [0.5, 0.6) is 0 Å². The number of nitrogens with zero attached hydrogens (tertiary/aromatic N) is 2. The van der Waals surface area contributed by atoms with Gasteiger partial charge in [-0.1, -0.05) is 12.1 Å². The second kappa shape index (κ2) is 6.56. The van der Waals surface area contributed by atoms with Gasteiger partial charge >= 0.3 is 0 Å². The summed E-state index contributed by atoms with van der Waals surface area (Å²) in [5, 5.41) is 10.2. The maximum atomic E-state index is 4.10. The van der Waals surface area contributed by atoms with Crippen molar-refractivity contribution in [2.45, 2.75) is 24.3 Å². The Balaban J connectivity index is 1.81. The first-order valence-electron chi connectivity index (χ1n) is 6.01. The fourth-order valence-electron chi connectivity index (χ4n) is 1.77. The number of rotatable bonds is 6. The van der Waals surface area contributed by atoms with E-state index in [1.54, 1.807) is 18.1 Å². The molecule has 2 N–H and O–H groups in total. The van der Waals surface area contributed by atoms with Gasteiger partial charge < -0.3 is 5.32 Å². The molecule has 96 valence electrons. The summed E-state index contributed by atoms with van der Waals surface area (Å²) in [5.41, 5.74) is 1.31. The van der Waals surface area contributed by atoms with Crippen molar-refractivity contribution in [3.63, 3.8) is 0 Å². The van der Waals surface area contributed by atoms with Gasteiger partial charge in [0, 0.05) is 23.9 Å². The highest BCUT2D eigenvalue weighted by Gasteiger charge is 2.04. The SMILES string of the molecule is CSc1ccc(C(C)NCCc2ncn[nH]2)cc1. The summed E-state index contributed by atoms with van der Waals surface area (Å²) >= 11 is 1.77. The van der Waals surface area contributed by atoms with Gasteiger partial charge in [0.05, 0.1) is 0 Å². The summed E-state index contributed by atoms with van der Waals surface area (Å²) in [6.45, 7) is 3.06. The van der Waals surface area contributed by atoms with Crippen LogP contribution in [0.15, 0.2) is 35.5 Å². The van der Waals surface area contributed by atoms with Crippen LogP contribution < -0.4 is 5.32 Å². The van der Waals surface area contributed by atoms with E-state index >= 15 is 0 Å². The van der Waals surface area contributed by atoms with Crippen LogP contribution in [0.2, 0.25) is 0 Å². The average Bonchev–Trinajstić information content (AvgIpc) is 2.92. The van der Waals surface area contributed by atoms with E-state index in [4.69, 9.17) is 0 Å². The van der Waals surface area contributed by atoms with E-state index in [0.717, 1.165) is 18.8 Å². The number of hydrogen-bond acceptors (Lipinski definition) is 4. The summed E-state index contributed by atoms with van der Waals surface area (Å²) in [4.78, 5) is 5.40. The Morgan fingerprint density at radius 2 is 2.11 bits per heavy atom. The molecule has 0 radical (unpaired) electrons. The zero-order valence-corrected chi connectivity index (χ0v) is 11.5. The highest BCUT2D eigenvalue weighted by Crippen LogP contribution is 2.18. The van der Waals surface area contributed by atoms with Crippen molar-refractivity contribution in [2.24, 2.45) is 0 Å². The fourth-order valence-corrected chi connectivity index (χ4v) is 2.18. The van der Waals surface area contributed by atoms with Gasteiger partial charge in [-0.3, -0.25) is 5.10 Å². The predicted octanol–water partition coefficient (Wildman–Crippen LogP) is 2.42. The Labute approximate surface area is 112 Å². The lowest BCUT2D eigenvalue weighted by molar-refractivity contribution is 0.570. The smallest absolute Gasteiger partial charge is 0.137 e. The molecule has 1 heterocycles. The van der Waals surface area contributed by atoms with E-state index in [-0.39, 0.29) is 0 Å². The maximum Gasteiger partial charge on any atom is 0.137 e. The molecule has 5 heteroatoms. The van der Waals surface area contributed by atoms with Crippen molar-refractivity contribution in [3.05, 3.63) is 42.0 Å². The van der Waals surface area contributed by atoms with Crippen LogP contribution in [0.1, 0.15) is 24.4 Å². The second-order valence-corrected chi connectivity index (χ2v) is 5.01. The average molecular weight is 262 g/mol. The van der Waals surface area contributed by atoms with Crippen LogP contribution in [0, 0.1) is 0 Å². The van der Waals surface area contributed by atoms with Gasteiger partial charge in [-0.05, 0) is 30.9 Å². The molecule has 0 saturated carbocycles. The third kappa shape index (κ3) is 3.58. The number of benzene rings is 1. The highest BCUT2D eigenvalue weighted by atomic mass is 32.2. The Bertz CT molecular complexity index is 452. The first-order chi connectivity index (χ1) is 8.79. The molecule has 18 heavy (non-hydrogen) atoms. The third-order valence-corrected chi connectivity index (χ3v) is 3.64. The maximum absolute atomic E-state index is 4.10. The van der Waals surface area contributed by atoms with E-state index in [0.29, 0.717) is 6.04 Å². The number of aromatic nitrogens is 3. The van der Waals surface area contributed by atoms with Crippen molar-refractivity contribution in [2.75, 3.05) is 12.8 Å². The molecular weight excluding hydrogens is 244 g/mol. The predicted molar refractivity (Wildman–Crippen MR) is 74.7 cm³/mol. The van der Waals surface area contributed by atoms with Crippen LogP contribution in [-0.2, 0) is 6.42 Å². The quantitative estimate of drug-likeness (QED) is 0.785. The van der Waals surface area contributed by atoms with Gasteiger partial charge in [0.25, 0.3) is 0 Å². The largest absolute Gasteiger partial charge is 0.310 e. The molecule has 0 spiro atoms. The third-order valence-electron chi connectivity index (χ3n) is 2.89. The first-order valence-corrected chi connectivity index (χ1v) is 7.23.